The zero-order valence-corrected chi connectivity index (χ0v) is 28.2. The largest absolute Gasteiger partial charge is 0.265 e. The first kappa shape index (κ1) is 29.4. The fourth-order valence-corrected chi connectivity index (χ4v) is 8.46. The molecule has 0 amide bonds. The van der Waals surface area contributed by atoms with Crippen molar-refractivity contribution in [2.45, 2.75) is 0 Å². The minimum atomic E-state index is 0.877. The summed E-state index contributed by atoms with van der Waals surface area (Å²) < 4.78 is 2.62. The van der Waals surface area contributed by atoms with Crippen molar-refractivity contribution in [1.82, 2.24) is 19.9 Å². The van der Waals surface area contributed by atoms with Gasteiger partial charge in [0.25, 0.3) is 0 Å². The second kappa shape index (κ2) is 12.1. The van der Waals surface area contributed by atoms with Crippen molar-refractivity contribution in [3.63, 3.8) is 0 Å². The van der Waals surface area contributed by atoms with Crippen LogP contribution in [0.4, 0.5) is 0 Å². The normalized spacial score (nSPS) is 11.5. The Labute approximate surface area is 298 Å². The van der Waals surface area contributed by atoms with Crippen LogP contribution in [0.5, 0.6) is 0 Å². The fraction of sp³-hybridized carbons (Fsp3) is 0. The van der Waals surface area contributed by atoms with E-state index in [4.69, 9.17) is 9.97 Å². The second-order valence-corrected chi connectivity index (χ2v) is 13.8. The molecule has 10 rings (SSSR count). The zero-order chi connectivity index (χ0) is 33.7. The molecule has 10 aromatic rings. The van der Waals surface area contributed by atoms with Crippen LogP contribution >= 0.6 is 11.3 Å². The van der Waals surface area contributed by atoms with Crippen LogP contribution in [0.25, 0.3) is 97.9 Å². The summed E-state index contributed by atoms with van der Waals surface area (Å²) in [5, 5.41) is 6.23. The van der Waals surface area contributed by atoms with Crippen molar-refractivity contribution < 1.29 is 0 Å². The van der Waals surface area contributed by atoms with E-state index in [2.05, 4.69) is 131 Å². The molecule has 0 fully saturated rings. The van der Waals surface area contributed by atoms with Gasteiger partial charge in [0.2, 0.25) is 0 Å². The van der Waals surface area contributed by atoms with Gasteiger partial charge in [0, 0.05) is 77.8 Å². The van der Waals surface area contributed by atoms with Gasteiger partial charge in [-0.05, 0) is 82.9 Å². The third-order valence-electron chi connectivity index (χ3n) is 9.63. The van der Waals surface area contributed by atoms with Crippen molar-refractivity contribution in [2.24, 2.45) is 0 Å². The van der Waals surface area contributed by atoms with Gasteiger partial charge in [-0.25, -0.2) is 9.97 Å². The SMILES string of the molecule is c1cc(-c2cccc(-c3nc4ccccc4c4c3ccc3c5ccccc5sc34)c2)cc(-c2cc(-c3ccncc3)nc(-c3cccnc3)c2)c1. The molecule has 5 heteroatoms. The number of aromatic nitrogens is 4. The lowest BCUT2D eigenvalue weighted by Gasteiger charge is -2.13. The van der Waals surface area contributed by atoms with Gasteiger partial charge in [-0.3, -0.25) is 9.97 Å². The van der Waals surface area contributed by atoms with Crippen molar-refractivity contribution in [1.29, 1.82) is 0 Å². The number of hydrogen-bond acceptors (Lipinski definition) is 5. The Kier molecular flexibility index (Phi) is 6.96. The quantitative estimate of drug-likeness (QED) is 0.171. The standard InChI is InChI=1S/C46H28N4S/c1-3-15-40-38(14-1)44-39(18-17-37-36-13-2-4-16-43(36)51-46(37)44)45(50-40)33-11-6-9-31(25-33)30-8-5-10-32(24-30)35-26-41(29-19-22-47-23-20-29)49-42(27-35)34-12-7-21-48-28-34/h1-28H. The molecule has 5 aromatic carbocycles. The van der Waals surface area contributed by atoms with E-state index >= 15 is 0 Å². The maximum atomic E-state index is 5.30. The van der Waals surface area contributed by atoms with Gasteiger partial charge in [0.15, 0.2) is 0 Å². The molecule has 5 heterocycles. The van der Waals surface area contributed by atoms with Crippen LogP contribution in [0, 0.1) is 0 Å². The van der Waals surface area contributed by atoms with Crippen LogP contribution in [0.2, 0.25) is 0 Å². The summed E-state index contributed by atoms with van der Waals surface area (Å²) in [6, 6.07) is 51.6. The molecule has 0 atom stereocenters. The van der Waals surface area contributed by atoms with E-state index in [1.54, 1.807) is 18.6 Å². The van der Waals surface area contributed by atoms with E-state index in [0.29, 0.717) is 0 Å². The number of thiophene rings is 1. The van der Waals surface area contributed by atoms with E-state index in [0.717, 1.165) is 61.5 Å². The highest BCUT2D eigenvalue weighted by atomic mass is 32.1. The van der Waals surface area contributed by atoms with Gasteiger partial charge in [0.05, 0.1) is 22.6 Å². The lowest BCUT2D eigenvalue weighted by molar-refractivity contribution is 1.27. The maximum absolute atomic E-state index is 5.30. The van der Waals surface area contributed by atoms with E-state index < -0.39 is 0 Å². The predicted molar refractivity (Wildman–Crippen MR) is 213 cm³/mol. The molecule has 238 valence electrons. The molecule has 0 unspecified atom stereocenters. The van der Waals surface area contributed by atoms with Crippen molar-refractivity contribution in [2.75, 3.05) is 0 Å². The number of benzene rings is 5. The summed E-state index contributed by atoms with van der Waals surface area (Å²) in [5.74, 6) is 0. The number of nitrogens with zero attached hydrogens (tertiary/aromatic N) is 4. The predicted octanol–water partition coefficient (Wildman–Crippen LogP) is 12.3. The summed E-state index contributed by atoms with van der Waals surface area (Å²) in [4.78, 5) is 18.9. The number of para-hydroxylation sites is 1. The summed E-state index contributed by atoms with van der Waals surface area (Å²) >= 11 is 1.87. The molecular weight excluding hydrogens is 641 g/mol. The third kappa shape index (κ3) is 5.14. The minimum absolute atomic E-state index is 0.877. The molecule has 0 aliphatic rings. The summed E-state index contributed by atoms with van der Waals surface area (Å²) in [6.07, 6.45) is 7.26. The van der Waals surface area contributed by atoms with Crippen molar-refractivity contribution >= 4 is 53.2 Å². The van der Waals surface area contributed by atoms with Gasteiger partial charge in [0.1, 0.15) is 0 Å². The van der Waals surface area contributed by atoms with Crippen LogP contribution in [0.1, 0.15) is 0 Å². The van der Waals surface area contributed by atoms with Gasteiger partial charge in [-0.1, -0.05) is 84.9 Å². The highest BCUT2D eigenvalue weighted by Gasteiger charge is 2.17. The molecule has 0 spiro atoms. The van der Waals surface area contributed by atoms with Crippen molar-refractivity contribution in [3.05, 3.63) is 170 Å². The van der Waals surface area contributed by atoms with Gasteiger partial charge < -0.3 is 0 Å². The highest BCUT2D eigenvalue weighted by molar-refractivity contribution is 7.26. The van der Waals surface area contributed by atoms with Crippen LogP contribution in [0.15, 0.2) is 170 Å². The average Bonchev–Trinajstić information content (AvgIpc) is 3.60. The van der Waals surface area contributed by atoms with Crippen LogP contribution in [-0.2, 0) is 0 Å². The van der Waals surface area contributed by atoms with Crippen molar-refractivity contribution in [3.8, 4) is 56.0 Å². The molecule has 51 heavy (non-hydrogen) atoms. The second-order valence-electron chi connectivity index (χ2n) is 12.7. The third-order valence-corrected chi connectivity index (χ3v) is 10.8. The Morgan fingerprint density at radius 2 is 1.06 bits per heavy atom. The number of hydrogen-bond donors (Lipinski definition) is 0. The fourth-order valence-electron chi connectivity index (χ4n) is 7.19. The Bertz CT molecular complexity index is 2860. The molecule has 0 N–H and O–H groups in total. The molecule has 0 aliphatic heterocycles. The molecule has 4 nitrogen and oxygen atoms in total. The maximum Gasteiger partial charge on any atom is 0.0788 e. The molecule has 0 bridgehead atoms. The summed E-state index contributed by atoms with van der Waals surface area (Å²) in [6.45, 7) is 0. The average molecular weight is 669 g/mol. The Hall–Kier alpha value is -6.56. The van der Waals surface area contributed by atoms with Gasteiger partial charge >= 0.3 is 0 Å². The van der Waals surface area contributed by atoms with E-state index in [-0.39, 0.29) is 0 Å². The van der Waals surface area contributed by atoms with E-state index in [1.807, 2.05) is 41.8 Å². The molecule has 0 saturated heterocycles. The van der Waals surface area contributed by atoms with E-state index in [1.165, 1.54) is 36.3 Å². The summed E-state index contributed by atoms with van der Waals surface area (Å²) in [7, 11) is 0. The Balaban J connectivity index is 1.12. The monoisotopic (exact) mass is 668 g/mol. The highest BCUT2D eigenvalue weighted by Crippen LogP contribution is 2.43. The first-order valence-corrected chi connectivity index (χ1v) is 17.8. The number of pyridine rings is 4. The molecule has 5 aromatic heterocycles. The molecule has 0 aliphatic carbocycles. The van der Waals surface area contributed by atoms with Crippen LogP contribution in [-0.4, -0.2) is 19.9 Å². The topological polar surface area (TPSA) is 51.6 Å². The summed E-state index contributed by atoms with van der Waals surface area (Å²) in [5.41, 5.74) is 11.3. The molecule has 0 radical (unpaired) electrons. The first-order valence-electron chi connectivity index (χ1n) is 16.9. The van der Waals surface area contributed by atoms with Crippen LogP contribution in [0.3, 0.4) is 0 Å². The zero-order valence-electron chi connectivity index (χ0n) is 27.4. The Morgan fingerprint density at radius 3 is 1.86 bits per heavy atom. The molecule has 0 saturated carbocycles. The van der Waals surface area contributed by atoms with Gasteiger partial charge in [-0.15, -0.1) is 11.3 Å². The lowest BCUT2D eigenvalue weighted by atomic mass is 9.94. The Morgan fingerprint density at radius 1 is 0.392 bits per heavy atom. The lowest BCUT2D eigenvalue weighted by Crippen LogP contribution is -1.92. The van der Waals surface area contributed by atoms with Crippen LogP contribution < -0.4 is 0 Å². The first-order chi connectivity index (χ1) is 25.3. The molecular formula is C46H28N4S. The van der Waals surface area contributed by atoms with E-state index in [9.17, 15) is 0 Å². The number of fused-ring (bicyclic) bond motifs is 7. The smallest absolute Gasteiger partial charge is 0.0788 e. The van der Waals surface area contributed by atoms with Gasteiger partial charge in [-0.2, -0.15) is 0 Å². The minimum Gasteiger partial charge on any atom is -0.265 e. The number of rotatable bonds is 5.